The van der Waals surface area contributed by atoms with Crippen LogP contribution in [-0.2, 0) is 4.74 Å². The molecule has 0 saturated carbocycles. The van der Waals surface area contributed by atoms with E-state index in [1.807, 2.05) is 0 Å². The molecule has 0 aromatic rings. The summed E-state index contributed by atoms with van der Waals surface area (Å²) >= 11 is 0. The Morgan fingerprint density at radius 1 is 1.36 bits per heavy atom. The average molecular weight is 161 g/mol. The number of ether oxygens (including phenoxy) is 1. The number of methoxy groups -OCH3 is 1. The zero-order valence-corrected chi connectivity index (χ0v) is 7.71. The molecule has 0 aliphatic heterocycles. The number of rotatable bonds is 6. The Morgan fingerprint density at radius 2 is 2.00 bits per heavy atom. The second-order valence-corrected chi connectivity index (χ2v) is 2.85. The minimum atomic E-state index is 0.224. The summed E-state index contributed by atoms with van der Waals surface area (Å²) in [5.41, 5.74) is 0. The number of hydrogen-bond donors (Lipinski definition) is 1. The lowest BCUT2D eigenvalue weighted by atomic mass is 10.3. The summed E-state index contributed by atoms with van der Waals surface area (Å²) in [6.45, 7) is 6.83. The van der Waals surface area contributed by atoms with Gasteiger partial charge in [0, 0.05) is 26.2 Å². The molecule has 0 fully saturated rings. The first-order chi connectivity index (χ1) is 5.22. The van der Waals surface area contributed by atoms with E-state index in [0.717, 1.165) is 19.7 Å². The zero-order valence-electron chi connectivity index (χ0n) is 7.71. The van der Waals surface area contributed by atoms with Gasteiger partial charge in [0.1, 0.15) is 0 Å². The third kappa shape index (κ3) is 5.18. The standard InChI is InChI=1S/C8H19NO2/c1-8(2)9(4-6-10)5-7-11-3/h8,10H,4-7H2,1-3H3. The average Bonchev–Trinajstić information content (AvgIpc) is 1.97. The van der Waals surface area contributed by atoms with Gasteiger partial charge < -0.3 is 9.84 Å². The van der Waals surface area contributed by atoms with E-state index in [2.05, 4.69) is 18.7 Å². The quantitative estimate of drug-likeness (QED) is 0.609. The Labute approximate surface area is 69.0 Å². The highest BCUT2D eigenvalue weighted by atomic mass is 16.5. The molecule has 0 aromatic heterocycles. The van der Waals surface area contributed by atoms with Crippen LogP contribution >= 0.6 is 0 Å². The minimum absolute atomic E-state index is 0.224. The van der Waals surface area contributed by atoms with Gasteiger partial charge in [-0.25, -0.2) is 0 Å². The fraction of sp³-hybridized carbons (Fsp3) is 1.00. The van der Waals surface area contributed by atoms with Crippen LogP contribution in [0.15, 0.2) is 0 Å². The van der Waals surface area contributed by atoms with Gasteiger partial charge in [-0.2, -0.15) is 0 Å². The van der Waals surface area contributed by atoms with Crippen LogP contribution in [0.5, 0.6) is 0 Å². The van der Waals surface area contributed by atoms with Crippen LogP contribution in [0.3, 0.4) is 0 Å². The molecule has 0 aromatic carbocycles. The van der Waals surface area contributed by atoms with Crippen LogP contribution in [0.4, 0.5) is 0 Å². The van der Waals surface area contributed by atoms with Crippen LogP contribution in [-0.4, -0.2) is 49.5 Å². The molecule has 0 aliphatic rings. The summed E-state index contributed by atoms with van der Waals surface area (Å²) in [4.78, 5) is 2.18. The van der Waals surface area contributed by atoms with Gasteiger partial charge >= 0.3 is 0 Å². The Kier molecular flexibility index (Phi) is 6.51. The van der Waals surface area contributed by atoms with Gasteiger partial charge in [0.15, 0.2) is 0 Å². The van der Waals surface area contributed by atoms with Crippen molar-refractivity contribution < 1.29 is 9.84 Å². The molecule has 68 valence electrons. The highest BCUT2D eigenvalue weighted by Gasteiger charge is 2.06. The lowest BCUT2D eigenvalue weighted by Gasteiger charge is -2.24. The van der Waals surface area contributed by atoms with E-state index in [0.29, 0.717) is 6.04 Å². The van der Waals surface area contributed by atoms with E-state index in [9.17, 15) is 0 Å². The highest BCUT2D eigenvalue weighted by Crippen LogP contribution is 1.95. The molecule has 0 aliphatic carbocycles. The monoisotopic (exact) mass is 161 g/mol. The van der Waals surface area contributed by atoms with E-state index in [1.165, 1.54) is 0 Å². The van der Waals surface area contributed by atoms with Gasteiger partial charge in [-0.1, -0.05) is 0 Å². The summed E-state index contributed by atoms with van der Waals surface area (Å²) in [6.07, 6.45) is 0. The minimum Gasteiger partial charge on any atom is -0.395 e. The van der Waals surface area contributed by atoms with Gasteiger partial charge in [-0.05, 0) is 13.8 Å². The van der Waals surface area contributed by atoms with Gasteiger partial charge in [0.25, 0.3) is 0 Å². The molecule has 0 bridgehead atoms. The van der Waals surface area contributed by atoms with Gasteiger partial charge in [-0.3, -0.25) is 4.90 Å². The molecule has 0 saturated heterocycles. The lowest BCUT2D eigenvalue weighted by molar-refractivity contribution is 0.112. The summed E-state index contributed by atoms with van der Waals surface area (Å²) in [5, 5.41) is 8.70. The lowest BCUT2D eigenvalue weighted by Crippen LogP contribution is -2.36. The molecule has 1 N–H and O–H groups in total. The Hall–Kier alpha value is -0.120. The Morgan fingerprint density at radius 3 is 2.36 bits per heavy atom. The topological polar surface area (TPSA) is 32.7 Å². The van der Waals surface area contributed by atoms with Crippen LogP contribution in [0, 0.1) is 0 Å². The van der Waals surface area contributed by atoms with Crippen molar-refractivity contribution in [2.45, 2.75) is 19.9 Å². The smallest absolute Gasteiger partial charge is 0.0589 e. The molecule has 0 atom stereocenters. The first kappa shape index (κ1) is 10.9. The maximum absolute atomic E-state index is 8.70. The molecular formula is C8H19NO2. The number of hydrogen-bond acceptors (Lipinski definition) is 3. The maximum Gasteiger partial charge on any atom is 0.0589 e. The van der Waals surface area contributed by atoms with Crippen molar-refractivity contribution in [1.82, 2.24) is 4.90 Å². The van der Waals surface area contributed by atoms with Crippen molar-refractivity contribution in [2.75, 3.05) is 33.4 Å². The van der Waals surface area contributed by atoms with Crippen molar-refractivity contribution in [3.05, 3.63) is 0 Å². The Balaban J connectivity index is 3.51. The largest absolute Gasteiger partial charge is 0.395 e. The van der Waals surface area contributed by atoms with Crippen LogP contribution < -0.4 is 0 Å². The molecule has 0 rings (SSSR count). The first-order valence-electron chi connectivity index (χ1n) is 4.06. The summed E-state index contributed by atoms with van der Waals surface area (Å²) < 4.78 is 4.95. The molecular weight excluding hydrogens is 142 g/mol. The third-order valence-corrected chi connectivity index (χ3v) is 1.70. The SMILES string of the molecule is COCCN(CCO)C(C)C. The molecule has 0 radical (unpaired) electrons. The molecule has 0 unspecified atom stereocenters. The van der Waals surface area contributed by atoms with Gasteiger partial charge in [0.05, 0.1) is 13.2 Å². The van der Waals surface area contributed by atoms with Gasteiger partial charge in [-0.15, -0.1) is 0 Å². The van der Waals surface area contributed by atoms with Crippen LogP contribution in [0.1, 0.15) is 13.8 Å². The van der Waals surface area contributed by atoms with Crippen molar-refractivity contribution in [1.29, 1.82) is 0 Å². The number of nitrogens with zero attached hydrogens (tertiary/aromatic N) is 1. The summed E-state index contributed by atoms with van der Waals surface area (Å²) in [7, 11) is 1.69. The van der Waals surface area contributed by atoms with Gasteiger partial charge in [0.2, 0.25) is 0 Å². The molecule has 0 spiro atoms. The second kappa shape index (κ2) is 6.58. The van der Waals surface area contributed by atoms with E-state index < -0.39 is 0 Å². The summed E-state index contributed by atoms with van der Waals surface area (Å²) in [6, 6.07) is 0.484. The highest BCUT2D eigenvalue weighted by molar-refractivity contribution is 4.60. The normalized spacial score (nSPS) is 11.5. The van der Waals surface area contributed by atoms with E-state index in [1.54, 1.807) is 7.11 Å². The van der Waals surface area contributed by atoms with Crippen molar-refractivity contribution in [3.63, 3.8) is 0 Å². The predicted molar refractivity (Wildman–Crippen MR) is 45.7 cm³/mol. The summed E-state index contributed by atoms with van der Waals surface area (Å²) in [5.74, 6) is 0. The molecule has 11 heavy (non-hydrogen) atoms. The number of aliphatic hydroxyl groups excluding tert-OH is 1. The molecule has 3 nitrogen and oxygen atoms in total. The van der Waals surface area contributed by atoms with E-state index in [4.69, 9.17) is 9.84 Å². The van der Waals surface area contributed by atoms with Crippen molar-refractivity contribution >= 4 is 0 Å². The van der Waals surface area contributed by atoms with E-state index >= 15 is 0 Å². The first-order valence-corrected chi connectivity index (χ1v) is 4.06. The maximum atomic E-state index is 8.70. The zero-order chi connectivity index (χ0) is 8.69. The molecule has 0 heterocycles. The number of aliphatic hydroxyl groups is 1. The van der Waals surface area contributed by atoms with Crippen LogP contribution in [0.2, 0.25) is 0 Å². The van der Waals surface area contributed by atoms with Crippen LogP contribution in [0.25, 0.3) is 0 Å². The third-order valence-electron chi connectivity index (χ3n) is 1.70. The predicted octanol–water partition coefficient (Wildman–Crippen LogP) is 0.336. The Bertz CT molecular complexity index is 86.2. The van der Waals surface area contributed by atoms with Crippen molar-refractivity contribution in [3.8, 4) is 0 Å². The second-order valence-electron chi connectivity index (χ2n) is 2.85. The molecule has 0 amide bonds. The van der Waals surface area contributed by atoms with E-state index in [-0.39, 0.29) is 6.61 Å². The fourth-order valence-electron chi connectivity index (χ4n) is 0.965. The van der Waals surface area contributed by atoms with Crippen molar-refractivity contribution in [2.24, 2.45) is 0 Å². The molecule has 3 heteroatoms. The fourth-order valence-corrected chi connectivity index (χ4v) is 0.965.